The number of carboxylic acid groups (broad SMARTS) is 2. The van der Waals surface area contributed by atoms with Gasteiger partial charge in [-0.1, -0.05) is 31.2 Å². The minimum atomic E-state index is -1.04. The molecule has 0 amide bonds. The maximum Gasteiger partial charge on any atom is 0.304 e. The highest BCUT2D eigenvalue weighted by Crippen LogP contribution is 2.15. The number of carboxylic acids is 2. The van der Waals surface area contributed by atoms with Gasteiger partial charge in [-0.3, -0.25) is 14.4 Å². The lowest BCUT2D eigenvalue weighted by atomic mass is 9.93. The molecule has 1 aromatic rings. The zero-order chi connectivity index (χ0) is 17.4. The summed E-state index contributed by atoms with van der Waals surface area (Å²) in [6.07, 6.45) is 0.548. The molecule has 2 N–H and O–H groups in total. The molecule has 0 saturated carbocycles. The first-order valence-corrected chi connectivity index (χ1v) is 7.58. The van der Waals surface area contributed by atoms with Gasteiger partial charge in [-0.2, -0.15) is 0 Å². The van der Waals surface area contributed by atoms with E-state index < -0.39 is 17.9 Å². The van der Waals surface area contributed by atoms with Crippen LogP contribution in [-0.2, 0) is 16.0 Å². The average molecular weight is 321 g/mol. The second kappa shape index (κ2) is 9.05. The Labute approximate surface area is 135 Å². The quantitative estimate of drug-likeness (QED) is 0.639. The van der Waals surface area contributed by atoms with Crippen LogP contribution < -0.4 is 0 Å². The van der Waals surface area contributed by atoms with Crippen LogP contribution in [0.1, 0.15) is 35.7 Å². The van der Waals surface area contributed by atoms with E-state index >= 15 is 0 Å². The number of carbonyl (C=O) groups is 3. The zero-order valence-electron chi connectivity index (χ0n) is 13.5. The molecule has 6 heteroatoms. The SMILES string of the molecule is CCc1ccc(C(=O)C(CC(=O)O)CN(C)CCC(=O)O)cc1. The summed E-state index contributed by atoms with van der Waals surface area (Å²) >= 11 is 0. The minimum absolute atomic E-state index is 0.0460. The monoisotopic (exact) mass is 321 g/mol. The van der Waals surface area contributed by atoms with Crippen LogP contribution in [0.3, 0.4) is 0 Å². The van der Waals surface area contributed by atoms with Crippen molar-refractivity contribution in [3.8, 4) is 0 Å². The summed E-state index contributed by atoms with van der Waals surface area (Å²) in [6.45, 7) is 2.50. The summed E-state index contributed by atoms with van der Waals surface area (Å²) < 4.78 is 0. The van der Waals surface area contributed by atoms with Crippen molar-refractivity contribution in [3.63, 3.8) is 0 Å². The molecule has 23 heavy (non-hydrogen) atoms. The molecular formula is C17H23NO5. The molecule has 1 aromatic carbocycles. The summed E-state index contributed by atoms with van der Waals surface area (Å²) in [5.41, 5.74) is 1.59. The Kier molecular flexibility index (Phi) is 7.41. The number of rotatable bonds is 10. The molecule has 0 heterocycles. The first kappa shape index (κ1) is 18.8. The number of hydrogen-bond acceptors (Lipinski definition) is 4. The number of ketones is 1. The van der Waals surface area contributed by atoms with Crippen molar-refractivity contribution in [1.29, 1.82) is 0 Å². The number of aliphatic carboxylic acids is 2. The largest absolute Gasteiger partial charge is 0.481 e. The number of nitrogens with zero attached hydrogens (tertiary/aromatic N) is 1. The molecule has 0 saturated heterocycles. The van der Waals surface area contributed by atoms with Gasteiger partial charge in [0.15, 0.2) is 5.78 Å². The van der Waals surface area contributed by atoms with Gasteiger partial charge in [0.1, 0.15) is 0 Å². The molecule has 0 radical (unpaired) electrons. The lowest BCUT2D eigenvalue weighted by Crippen LogP contribution is -2.33. The van der Waals surface area contributed by atoms with Crippen molar-refractivity contribution in [3.05, 3.63) is 35.4 Å². The van der Waals surface area contributed by atoms with E-state index in [1.165, 1.54) is 0 Å². The smallest absolute Gasteiger partial charge is 0.304 e. The molecule has 1 rings (SSSR count). The highest BCUT2D eigenvalue weighted by Gasteiger charge is 2.24. The first-order chi connectivity index (χ1) is 10.8. The van der Waals surface area contributed by atoms with Crippen LogP contribution in [0.5, 0.6) is 0 Å². The zero-order valence-corrected chi connectivity index (χ0v) is 13.5. The topological polar surface area (TPSA) is 94.9 Å². The molecule has 1 unspecified atom stereocenters. The summed E-state index contributed by atoms with van der Waals surface area (Å²) in [7, 11) is 1.69. The lowest BCUT2D eigenvalue weighted by molar-refractivity contribution is -0.139. The van der Waals surface area contributed by atoms with Gasteiger partial charge >= 0.3 is 11.9 Å². The van der Waals surface area contributed by atoms with Crippen LogP contribution in [0.4, 0.5) is 0 Å². The fourth-order valence-corrected chi connectivity index (χ4v) is 2.35. The molecule has 0 spiro atoms. The Balaban J connectivity index is 2.80. The Bertz CT molecular complexity index is 553. The molecule has 0 bridgehead atoms. The van der Waals surface area contributed by atoms with E-state index in [0.29, 0.717) is 5.56 Å². The third kappa shape index (κ3) is 6.61. The van der Waals surface area contributed by atoms with Gasteiger partial charge in [0.2, 0.25) is 0 Å². The van der Waals surface area contributed by atoms with Gasteiger partial charge in [-0.05, 0) is 19.0 Å². The Hall–Kier alpha value is -2.21. The Morgan fingerprint density at radius 1 is 1.09 bits per heavy atom. The van der Waals surface area contributed by atoms with Gasteiger partial charge in [-0.25, -0.2) is 0 Å². The van der Waals surface area contributed by atoms with Crippen molar-refractivity contribution in [2.45, 2.75) is 26.2 Å². The predicted molar refractivity (Wildman–Crippen MR) is 85.6 cm³/mol. The number of Topliss-reactive ketones (excluding diaryl/α,β-unsaturated/α-hetero) is 1. The molecule has 1 atom stereocenters. The van der Waals surface area contributed by atoms with Crippen LogP contribution in [-0.4, -0.2) is 53.0 Å². The van der Waals surface area contributed by atoms with Gasteiger partial charge < -0.3 is 15.1 Å². The van der Waals surface area contributed by atoms with Gasteiger partial charge in [0.25, 0.3) is 0 Å². The van der Waals surface area contributed by atoms with Crippen molar-refractivity contribution < 1.29 is 24.6 Å². The summed E-state index contributed by atoms with van der Waals surface area (Å²) in [5, 5.41) is 17.7. The van der Waals surface area contributed by atoms with Gasteiger partial charge in [-0.15, -0.1) is 0 Å². The number of benzene rings is 1. The normalized spacial score (nSPS) is 12.1. The van der Waals surface area contributed by atoms with E-state index in [2.05, 4.69) is 0 Å². The molecule has 6 nitrogen and oxygen atoms in total. The molecule has 0 aromatic heterocycles. The van der Waals surface area contributed by atoms with Crippen molar-refractivity contribution in [1.82, 2.24) is 4.90 Å². The minimum Gasteiger partial charge on any atom is -0.481 e. The second-order valence-electron chi connectivity index (χ2n) is 5.62. The van der Waals surface area contributed by atoms with Gasteiger partial charge in [0.05, 0.1) is 12.8 Å². The van der Waals surface area contributed by atoms with Crippen molar-refractivity contribution in [2.24, 2.45) is 5.92 Å². The first-order valence-electron chi connectivity index (χ1n) is 7.58. The van der Waals surface area contributed by atoms with E-state index in [1.54, 1.807) is 24.1 Å². The fraction of sp³-hybridized carbons (Fsp3) is 0.471. The molecule has 126 valence electrons. The van der Waals surface area contributed by atoms with Crippen LogP contribution in [0.2, 0.25) is 0 Å². The summed E-state index contributed by atoms with van der Waals surface area (Å²) in [5.74, 6) is -2.88. The summed E-state index contributed by atoms with van der Waals surface area (Å²) in [6, 6.07) is 7.15. The maximum atomic E-state index is 12.5. The third-order valence-corrected chi connectivity index (χ3v) is 3.68. The third-order valence-electron chi connectivity index (χ3n) is 3.68. The second-order valence-corrected chi connectivity index (χ2v) is 5.62. The van der Waals surface area contributed by atoms with Gasteiger partial charge in [0, 0.05) is 24.6 Å². The van der Waals surface area contributed by atoms with Crippen molar-refractivity contribution in [2.75, 3.05) is 20.1 Å². The molecule has 0 aliphatic carbocycles. The van der Waals surface area contributed by atoms with Crippen LogP contribution in [0.25, 0.3) is 0 Å². The van der Waals surface area contributed by atoms with E-state index in [1.807, 2.05) is 19.1 Å². The van der Waals surface area contributed by atoms with E-state index in [9.17, 15) is 14.4 Å². The average Bonchev–Trinajstić information content (AvgIpc) is 2.51. The molecular weight excluding hydrogens is 298 g/mol. The van der Waals surface area contributed by atoms with Crippen molar-refractivity contribution >= 4 is 17.7 Å². The van der Waals surface area contributed by atoms with E-state index in [4.69, 9.17) is 10.2 Å². The highest BCUT2D eigenvalue weighted by atomic mass is 16.4. The number of aryl methyl sites for hydroxylation is 1. The number of carbonyl (C=O) groups excluding carboxylic acids is 1. The lowest BCUT2D eigenvalue weighted by Gasteiger charge is -2.21. The fourth-order valence-electron chi connectivity index (χ4n) is 2.35. The molecule has 0 aliphatic rings. The van der Waals surface area contributed by atoms with E-state index in [-0.39, 0.29) is 31.7 Å². The number of hydrogen-bond donors (Lipinski definition) is 2. The van der Waals surface area contributed by atoms with Crippen LogP contribution in [0.15, 0.2) is 24.3 Å². The Morgan fingerprint density at radius 2 is 1.70 bits per heavy atom. The highest BCUT2D eigenvalue weighted by molar-refractivity contribution is 5.99. The van der Waals surface area contributed by atoms with Crippen LogP contribution in [0, 0.1) is 5.92 Å². The van der Waals surface area contributed by atoms with E-state index in [0.717, 1.165) is 12.0 Å². The van der Waals surface area contributed by atoms with Crippen LogP contribution >= 0.6 is 0 Å². The molecule has 0 fully saturated rings. The standard InChI is InChI=1S/C17H23NO5/c1-3-12-4-6-13(7-5-12)17(23)14(10-16(21)22)11-18(2)9-8-15(19)20/h4-7,14H,3,8-11H2,1-2H3,(H,19,20)(H,21,22). The molecule has 0 aliphatic heterocycles. The predicted octanol–water partition coefficient (Wildman–Crippen LogP) is 1.93. The summed E-state index contributed by atoms with van der Waals surface area (Å²) in [4.78, 5) is 35.9. The maximum absolute atomic E-state index is 12.5. The Morgan fingerprint density at radius 3 is 2.17 bits per heavy atom.